The lowest BCUT2D eigenvalue weighted by Gasteiger charge is -2.21. The van der Waals surface area contributed by atoms with Crippen molar-refractivity contribution in [2.45, 2.75) is 33.6 Å². The van der Waals surface area contributed by atoms with Crippen LogP contribution in [-0.4, -0.2) is 9.38 Å². The van der Waals surface area contributed by atoms with Crippen molar-refractivity contribution in [3.8, 4) is 0 Å². The molecule has 0 aliphatic rings. The third-order valence-corrected chi connectivity index (χ3v) is 3.24. The van der Waals surface area contributed by atoms with Crippen LogP contribution in [0.4, 0.5) is 0 Å². The van der Waals surface area contributed by atoms with Gasteiger partial charge in [-0.05, 0) is 24.0 Å². The lowest BCUT2D eigenvalue weighted by atomic mass is 9.85. The van der Waals surface area contributed by atoms with Gasteiger partial charge in [0.25, 0.3) is 5.56 Å². The molecule has 0 unspecified atom stereocenters. The zero-order chi connectivity index (χ0) is 12.5. The highest BCUT2D eigenvalue weighted by atomic mass is 16.1. The summed E-state index contributed by atoms with van der Waals surface area (Å²) in [6.45, 7) is 6.55. The number of rotatable bonds is 3. The molecule has 0 saturated carbocycles. The minimum atomic E-state index is -0.00231. The third-order valence-electron chi connectivity index (χ3n) is 3.24. The molecule has 0 radical (unpaired) electrons. The van der Waals surface area contributed by atoms with E-state index in [0.29, 0.717) is 0 Å². The van der Waals surface area contributed by atoms with Gasteiger partial charge in [-0.1, -0.05) is 33.3 Å². The van der Waals surface area contributed by atoms with E-state index in [1.54, 1.807) is 16.7 Å². The maximum Gasteiger partial charge on any atom is 0.258 e. The molecule has 0 fully saturated rings. The Morgan fingerprint density at radius 2 is 2.12 bits per heavy atom. The second kappa shape index (κ2) is 4.32. The van der Waals surface area contributed by atoms with E-state index in [-0.39, 0.29) is 11.0 Å². The summed E-state index contributed by atoms with van der Waals surface area (Å²) in [7, 11) is 0. The molecule has 0 N–H and O–H groups in total. The van der Waals surface area contributed by atoms with Crippen LogP contribution in [0.25, 0.3) is 5.65 Å². The van der Waals surface area contributed by atoms with Crippen LogP contribution in [0.3, 0.4) is 0 Å². The summed E-state index contributed by atoms with van der Waals surface area (Å²) in [4.78, 5) is 16.4. The number of hydrogen-bond acceptors (Lipinski definition) is 2. The molecule has 2 aromatic rings. The first-order chi connectivity index (χ1) is 8.02. The molecule has 2 aromatic heterocycles. The average molecular weight is 230 g/mol. The summed E-state index contributed by atoms with van der Waals surface area (Å²) in [5.41, 5.74) is 1.79. The lowest BCUT2D eigenvalue weighted by molar-refractivity contribution is 0.345. The second-order valence-electron chi connectivity index (χ2n) is 5.21. The lowest BCUT2D eigenvalue weighted by Crippen LogP contribution is -2.19. The Hall–Kier alpha value is -1.64. The quantitative estimate of drug-likeness (QED) is 0.812. The molecule has 90 valence electrons. The van der Waals surface area contributed by atoms with Crippen molar-refractivity contribution in [2.24, 2.45) is 5.41 Å². The normalized spacial score (nSPS) is 11.9. The third kappa shape index (κ3) is 2.54. The van der Waals surface area contributed by atoms with E-state index in [0.717, 1.165) is 24.2 Å². The molecule has 0 aliphatic carbocycles. The molecule has 3 heteroatoms. The van der Waals surface area contributed by atoms with Gasteiger partial charge in [0, 0.05) is 18.0 Å². The Morgan fingerprint density at radius 1 is 1.35 bits per heavy atom. The molecule has 0 bridgehead atoms. The van der Waals surface area contributed by atoms with Crippen molar-refractivity contribution in [1.82, 2.24) is 9.38 Å². The summed E-state index contributed by atoms with van der Waals surface area (Å²) in [6.07, 6.45) is 3.66. The summed E-state index contributed by atoms with van der Waals surface area (Å²) in [5.74, 6) is 0. The van der Waals surface area contributed by atoms with E-state index in [1.807, 2.05) is 18.2 Å². The highest BCUT2D eigenvalue weighted by Gasteiger charge is 2.17. The van der Waals surface area contributed by atoms with Crippen molar-refractivity contribution in [3.05, 3.63) is 46.5 Å². The van der Waals surface area contributed by atoms with Crippen molar-refractivity contribution < 1.29 is 0 Å². The van der Waals surface area contributed by atoms with Gasteiger partial charge in [0.1, 0.15) is 5.65 Å². The van der Waals surface area contributed by atoms with Crippen LogP contribution in [0.15, 0.2) is 35.3 Å². The van der Waals surface area contributed by atoms with Gasteiger partial charge >= 0.3 is 0 Å². The highest BCUT2D eigenvalue weighted by Crippen LogP contribution is 2.24. The van der Waals surface area contributed by atoms with Crippen LogP contribution in [0.1, 0.15) is 32.9 Å². The Balaban J connectivity index is 2.47. The molecule has 2 heterocycles. The van der Waals surface area contributed by atoms with Gasteiger partial charge in [-0.3, -0.25) is 9.20 Å². The fourth-order valence-corrected chi connectivity index (χ4v) is 1.81. The van der Waals surface area contributed by atoms with Gasteiger partial charge in [0.2, 0.25) is 0 Å². The predicted molar refractivity (Wildman–Crippen MR) is 69.2 cm³/mol. The molecule has 0 aromatic carbocycles. The Kier molecular flexibility index (Phi) is 3.01. The number of pyridine rings is 1. The molecular weight excluding hydrogens is 212 g/mol. The standard InChI is InChI=1S/C14H18N2O/c1-4-14(2,3)10-11-9-13(17)16-8-6-5-7-12(16)15-11/h5-9H,4,10H2,1-3H3. The Labute approximate surface area is 101 Å². The fraction of sp³-hybridized carbons (Fsp3) is 0.429. The zero-order valence-corrected chi connectivity index (χ0v) is 10.6. The molecule has 0 atom stereocenters. The summed E-state index contributed by atoms with van der Waals surface area (Å²) in [5, 5.41) is 0. The summed E-state index contributed by atoms with van der Waals surface area (Å²) < 4.78 is 1.57. The van der Waals surface area contributed by atoms with Crippen molar-refractivity contribution in [3.63, 3.8) is 0 Å². The van der Waals surface area contributed by atoms with Gasteiger partial charge in [0.15, 0.2) is 0 Å². The molecule has 0 saturated heterocycles. The summed E-state index contributed by atoms with van der Waals surface area (Å²) >= 11 is 0. The van der Waals surface area contributed by atoms with Gasteiger partial charge in [0.05, 0.1) is 0 Å². The van der Waals surface area contributed by atoms with E-state index in [1.165, 1.54) is 0 Å². The minimum Gasteiger partial charge on any atom is -0.269 e. The van der Waals surface area contributed by atoms with E-state index >= 15 is 0 Å². The summed E-state index contributed by atoms with van der Waals surface area (Å²) in [6, 6.07) is 7.25. The van der Waals surface area contributed by atoms with Gasteiger partial charge < -0.3 is 0 Å². The molecular formula is C14H18N2O. The fourth-order valence-electron chi connectivity index (χ4n) is 1.81. The highest BCUT2D eigenvalue weighted by molar-refractivity contribution is 5.38. The van der Waals surface area contributed by atoms with E-state index in [4.69, 9.17) is 0 Å². The maximum absolute atomic E-state index is 11.9. The Bertz CT molecular complexity index is 584. The molecule has 3 nitrogen and oxygen atoms in total. The smallest absolute Gasteiger partial charge is 0.258 e. The van der Waals surface area contributed by atoms with E-state index in [9.17, 15) is 4.79 Å². The second-order valence-corrected chi connectivity index (χ2v) is 5.21. The maximum atomic E-state index is 11.9. The molecule has 0 amide bonds. The first kappa shape index (κ1) is 11.8. The SMILES string of the molecule is CCC(C)(C)Cc1cc(=O)n2ccccc2n1. The van der Waals surface area contributed by atoms with Crippen molar-refractivity contribution >= 4 is 5.65 Å². The van der Waals surface area contributed by atoms with Crippen LogP contribution >= 0.6 is 0 Å². The monoisotopic (exact) mass is 230 g/mol. The van der Waals surface area contributed by atoms with Crippen LogP contribution in [0, 0.1) is 5.41 Å². The van der Waals surface area contributed by atoms with Gasteiger partial charge in [-0.25, -0.2) is 4.98 Å². The van der Waals surface area contributed by atoms with E-state index < -0.39 is 0 Å². The van der Waals surface area contributed by atoms with Crippen molar-refractivity contribution in [1.29, 1.82) is 0 Å². The van der Waals surface area contributed by atoms with E-state index in [2.05, 4.69) is 25.8 Å². The molecule has 2 rings (SSSR count). The average Bonchev–Trinajstić information content (AvgIpc) is 2.28. The van der Waals surface area contributed by atoms with Gasteiger partial charge in [-0.2, -0.15) is 0 Å². The van der Waals surface area contributed by atoms with Gasteiger partial charge in [-0.15, -0.1) is 0 Å². The van der Waals surface area contributed by atoms with Crippen LogP contribution < -0.4 is 5.56 Å². The number of nitrogens with zero attached hydrogens (tertiary/aromatic N) is 2. The van der Waals surface area contributed by atoms with Crippen molar-refractivity contribution in [2.75, 3.05) is 0 Å². The van der Waals surface area contributed by atoms with Crippen LogP contribution in [0.5, 0.6) is 0 Å². The number of fused-ring (bicyclic) bond motifs is 1. The number of hydrogen-bond donors (Lipinski definition) is 0. The number of aromatic nitrogens is 2. The molecule has 0 aliphatic heterocycles. The minimum absolute atomic E-state index is 0.00231. The van der Waals surface area contributed by atoms with Crippen LogP contribution in [0.2, 0.25) is 0 Å². The first-order valence-electron chi connectivity index (χ1n) is 5.99. The topological polar surface area (TPSA) is 34.4 Å². The Morgan fingerprint density at radius 3 is 2.82 bits per heavy atom. The van der Waals surface area contributed by atoms with Crippen LogP contribution in [-0.2, 0) is 6.42 Å². The molecule has 17 heavy (non-hydrogen) atoms. The first-order valence-corrected chi connectivity index (χ1v) is 5.99. The largest absolute Gasteiger partial charge is 0.269 e. The predicted octanol–water partition coefficient (Wildman–Crippen LogP) is 2.67. The zero-order valence-electron chi connectivity index (χ0n) is 10.6. The molecule has 0 spiro atoms.